The third-order valence-corrected chi connectivity index (χ3v) is 4.72. The molecule has 2 bridgehead atoms. The van der Waals surface area contributed by atoms with Gasteiger partial charge in [-0.2, -0.15) is 0 Å². The molecule has 0 amide bonds. The van der Waals surface area contributed by atoms with E-state index in [2.05, 4.69) is 35.2 Å². The zero-order valence-corrected chi connectivity index (χ0v) is 12.4. The highest BCUT2D eigenvalue weighted by molar-refractivity contribution is 5.15. The third kappa shape index (κ3) is 2.95. The van der Waals surface area contributed by atoms with Crippen molar-refractivity contribution in [1.82, 2.24) is 4.90 Å². The molecule has 0 radical (unpaired) electrons. The van der Waals surface area contributed by atoms with Gasteiger partial charge in [-0.1, -0.05) is 30.3 Å². The first-order chi connectivity index (χ1) is 8.82. The van der Waals surface area contributed by atoms with E-state index in [9.17, 15) is 0 Å². The maximum absolute atomic E-state index is 5.87. The van der Waals surface area contributed by atoms with Crippen molar-refractivity contribution < 1.29 is 21.6 Å². The predicted octanol–water partition coefficient (Wildman–Crippen LogP) is -1.65. The Kier molecular flexibility index (Phi) is 4.85. The van der Waals surface area contributed by atoms with Crippen molar-refractivity contribution in [1.29, 1.82) is 0 Å². The number of halogens is 1. The molecule has 106 valence electrons. The van der Waals surface area contributed by atoms with Crippen LogP contribution < -0.4 is 12.4 Å². The first-order valence-electron chi connectivity index (χ1n) is 6.97. The molecule has 3 fully saturated rings. The number of methoxy groups -OCH3 is 1. The van der Waals surface area contributed by atoms with Crippen LogP contribution in [-0.2, 0) is 11.2 Å². The minimum atomic E-state index is 0. The lowest BCUT2D eigenvalue weighted by molar-refractivity contribution is -0.982. The Morgan fingerprint density at radius 1 is 1.11 bits per heavy atom. The molecule has 19 heavy (non-hydrogen) atoms. The van der Waals surface area contributed by atoms with Gasteiger partial charge in [-0.25, -0.2) is 0 Å². The molecular formula is C15H23ClN2O. The highest BCUT2D eigenvalue weighted by atomic mass is 35.5. The van der Waals surface area contributed by atoms with Gasteiger partial charge in [0.15, 0.2) is 6.23 Å². The number of nitrogens with zero attached hydrogens (tertiary/aromatic N) is 2. The van der Waals surface area contributed by atoms with E-state index in [4.69, 9.17) is 4.74 Å². The van der Waals surface area contributed by atoms with Gasteiger partial charge in [0.25, 0.3) is 0 Å². The number of quaternary nitrogens is 1. The first kappa shape index (κ1) is 14.8. The van der Waals surface area contributed by atoms with Crippen molar-refractivity contribution in [2.45, 2.75) is 12.6 Å². The zero-order valence-electron chi connectivity index (χ0n) is 11.6. The summed E-state index contributed by atoms with van der Waals surface area (Å²) in [5.41, 5.74) is 1.39. The van der Waals surface area contributed by atoms with E-state index in [0.717, 1.165) is 6.42 Å². The number of hydrogen-bond acceptors (Lipinski definition) is 2. The van der Waals surface area contributed by atoms with Crippen LogP contribution in [0, 0.1) is 0 Å². The maximum Gasteiger partial charge on any atom is 0.197 e. The fourth-order valence-electron chi connectivity index (χ4n) is 3.44. The zero-order chi connectivity index (χ0) is 12.4. The molecule has 1 aromatic carbocycles. The smallest absolute Gasteiger partial charge is 0.197 e. The molecular weight excluding hydrogens is 260 g/mol. The van der Waals surface area contributed by atoms with Gasteiger partial charge in [0.2, 0.25) is 0 Å². The fourth-order valence-corrected chi connectivity index (χ4v) is 3.44. The molecule has 0 spiro atoms. The summed E-state index contributed by atoms with van der Waals surface area (Å²) in [5, 5.41) is 0. The van der Waals surface area contributed by atoms with Crippen LogP contribution in [0.15, 0.2) is 30.3 Å². The number of fused-ring (bicyclic) bond motifs is 3. The van der Waals surface area contributed by atoms with E-state index in [-0.39, 0.29) is 12.4 Å². The van der Waals surface area contributed by atoms with Crippen LogP contribution in [0.2, 0.25) is 0 Å². The molecule has 4 rings (SSSR count). The van der Waals surface area contributed by atoms with E-state index in [1.807, 2.05) is 7.11 Å². The summed E-state index contributed by atoms with van der Waals surface area (Å²) in [6.45, 7) is 7.50. The number of piperazine rings is 3. The number of hydrogen-bond donors (Lipinski definition) is 0. The van der Waals surface area contributed by atoms with Gasteiger partial charge < -0.3 is 17.1 Å². The third-order valence-electron chi connectivity index (χ3n) is 4.72. The molecule has 3 saturated heterocycles. The van der Waals surface area contributed by atoms with Crippen LogP contribution in [0.3, 0.4) is 0 Å². The number of rotatable bonds is 4. The number of ether oxygens (including phenoxy) is 1. The Morgan fingerprint density at radius 2 is 1.68 bits per heavy atom. The maximum atomic E-state index is 5.87. The normalized spacial score (nSPS) is 30.7. The van der Waals surface area contributed by atoms with Crippen LogP contribution >= 0.6 is 0 Å². The Morgan fingerprint density at radius 3 is 2.21 bits per heavy atom. The average molecular weight is 283 g/mol. The summed E-state index contributed by atoms with van der Waals surface area (Å²) < 4.78 is 7.03. The molecule has 3 heterocycles. The molecule has 4 heteroatoms. The second-order valence-corrected chi connectivity index (χ2v) is 5.61. The van der Waals surface area contributed by atoms with Crippen LogP contribution in [0.5, 0.6) is 0 Å². The first-order valence-corrected chi connectivity index (χ1v) is 6.97. The topological polar surface area (TPSA) is 12.5 Å². The molecule has 1 atom stereocenters. The minimum Gasteiger partial charge on any atom is -1.00 e. The highest BCUT2D eigenvalue weighted by Gasteiger charge is 2.44. The Bertz CT molecular complexity index is 377. The molecule has 3 aliphatic rings. The Labute approximate surface area is 122 Å². The summed E-state index contributed by atoms with van der Waals surface area (Å²) >= 11 is 0. The van der Waals surface area contributed by atoms with Gasteiger partial charge in [-0.05, 0) is 5.56 Å². The molecule has 1 unspecified atom stereocenters. The van der Waals surface area contributed by atoms with E-state index < -0.39 is 0 Å². The molecule has 0 saturated carbocycles. The molecule has 3 nitrogen and oxygen atoms in total. The van der Waals surface area contributed by atoms with Crippen molar-refractivity contribution in [2.75, 3.05) is 46.4 Å². The summed E-state index contributed by atoms with van der Waals surface area (Å²) in [6, 6.07) is 10.7. The van der Waals surface area contributed by atoms with Crippen molar-refractivity contribution in [3.8, 4) is 0 Å². The van der Waals surface area contributed by atoms with Gasteiger partial charge in [-0.3, -0.25) is 9.38 Å². The minimum absolute atomic E-state index is 0. The SMILES string of the molecule is COC(Cc1ccccc1)[N+]12CCN(CC1)CC2.[Cl-]. The summed E-state index contributed by atoms with van der Waals surface area (Å²) in [5.74, 6) is 0. The molecule has 1 aromatic rings. The summed E-state index contributed by atoms with van der Waals surface area (Å²) in [7, 11) is 1.88. The lowest BCUT2D eigenvalue weighted by Gasteiger charge is -2.53. The molecule has 3 aliphatic heterocycles. The number of benzene rings is 1. The average Bonchev–Trinajstić information content (AvgIpc) is 2.47. The van der Waals surface area contributed by atoms with Crippen molar-refractivity contribution in [3.63, 3.8) is 0 Å². The van der Waals surface area contributed by atoms with Gasteiger partial charge in [0.1, 0.15) is 0 Å². The second-order valence-electron chi connectivity index (χ2n) is 5.61. The second kappa shape index (κ2) is 6.23. The van der Waals surface area contributed by atoms with Crippen LogP contribution in [0.1, 0.15) is 5.56 Å². The predicted molar refractivity (Wildman–Crippen MR) is 72.2 cm³/mol. The highest BCUT2D eigenvalue weighted by Crippen LogP contribution is 2.26. The van der Waals surface area contributed by atoms with Crippen LogP contribution in [0.4, 0.5) is 0 Å². The Balaban J connectivity index is 0.00000133. The van der Waals surface area contributed by atoms with E-state index >= 15 is 0 Å². The summed E-state index contributed by atoms with van der Waals surface area (Å²) in [6.07, 6.45) is 1.37. The molecule has 0 aromatic heterocycles. The van der Waals surface area contributed by atoms with E-state index in [0.29, 0.717) is 6.23 Å². The summed E-state index contributed by atoms with van der Waals surface area (Å²) in [4.78, 5) is 2.58. The van der Waals surface area contributed by atoms with Gasteiger partial charge in [-0.15, -0.1) is 0 Å². The van der Waals surface area contributed by atoms with Crippen LogP contribution in [-0.4, -0.2) is 62.0 Å². The lowest BCUT2D eigenvalue weighted by Crippen LogP contribution is -3.00. The Hall–Kier alpha value is -0.610. The van der Waals surface area contributed by atoms with Gasteiger partial charge >= 0.3 is 0 Å². The molecule has 0 aliphatic carbocycles. The van der Waals surface area contributed by atoms with Gasteiger partial charge in [0.05, 0.1) is 26.1 Å². The standard InChI is InChI=1S/C15H23N2O.ClH/c1-18-15(13-14-5-3-2-4-6-14)17-10-7-16(8-11-17)9-12-17;/h2-6,15H,7-13H2,1H3;1H/q+1;/p-1. The largest absolute Gasteiger partial charge is 1.00 e. The van der Waals surface area contributed by atoms with Gasteiger partial charge in [0, 0.05) is 26.7 Å². The van der Waals surface area contributed by atoms with Crippen molar-refractivity contribution >= 4 is 0 Å². The monoisotopic (exact) mass is 282 g/mol. The van der Waals surface area contributed by atoms with E-state index in [1.165, 1.54) is 49.3 Å². The molecule has 0 N–H and O–H groups in total. The van der Waals surface area contributed by atoms with Crippen LogP contribution in [0.25, 0.3) is 0 Å². The van der Waals surface area contributed by atoms with E-state index in [1.54, 1.807) is 0 Å². The fraction of sp³-hybridized carbons (Fsp3) is 0.600. The van der Waals surface area contributed by atoms with Crippen molar-refractivity contribution in [3.05, 3.63) is 35.9 Å². The lowest BCUT2D eigenvalue weighted by atomic mass is 10.1. The quantitative estimate of drug-likeness (QED) is 0.614. The van der Waals surface area contributed by atoms with Crippen molar-refractivity contribution in [2.24, 2.45) is 0 Å².